The Morgan fingerprint density at radius 3 is 2.13 bits per heavy atom. The first-order valence-electron chi connectivity index (χ1n) is 9.54. The van der Waals surface area contributed by atoms with Gasteiger partial charge in [-0.15, -0.1) is 0 Å². The van der Waals surface area contributed by atoms with Gasteiger partial charge in [0.2, 0.25) is 5.75 Å². The van der Waals surface area contributed by atoms with Crippen LogP contribution in [0.5, 0.6) is 17.2 Å². The Bertz CT molecular complexity index is 988. The Hall–Kier alpha value is -3.54. The lowest BCUT2D eigenvalue weighted by atomic mass is 9.54. The summed E-state index contributed by atoms with van der Waals surface area (Å²) in [4.78, 5) is 1.20. The zero-order valence-corrected chi connectivity index (χ0v) is 17.4. The molecule has 154 valence electrons. The average Bonchev–Trinajstić information content (AvgIpc) is 2.77. The molecule has 1 heterocycles. The topological polar surface area (TPSA) is 127 Å². The average molecular weight is 406 g/mol. The Morgan fingerprint density at radius 1 is 1.07 bits per heavy atom. The lowest BCUT2D eigenvalue weighted by Crippen LogP contribution is -3.10. The number of rotatable bonds is 4. The van der Waals surface area contributed by atoms with E-state index in [1.54, 1.807) is 12.1 Å². The van der Waals surface area contributed by atoms with E-state index >= 15 is 0 Å². The maximum Gasteiger partial charge on any atom is 0.203 e. The van der Waals surface area contributed by atoms with Gasteiger partial charge in [-0.1, -0.05) is 0 Å². The van der Waals surface area contributed by atoms with Crippen LogP contribution < -0.4 is 19.1 Å². The number of ether oxygens (including phenoxy) is 3. The molecule has 3 rings (SSSR count). The van der Waals surface area contributed by atoms with E-state index in [0.717, 1.165) is 12.1 Å². The Morgan fingerprint density at radius 2 is 1.67 bits per heavy atom. The van der Waals surface area contributed by atoms with E-state index in [2.05, 4.69) is 18.2 Å². The van der Waals surface area contributed by atoms with E-state index < -0.39 is 17.3 Å². The van der Waals surface area contributed by atoms with E-state index in [-0.39, 0.29) is 11.6 Å². The summed E-state index contributed by atoms with van der Waals surface area (Å²) in [5.41, 5.74) is -0.493. The molecule has 0 spiro atoms. The third-order valence-corrected chi connectivity index (χ3v) is 6.13. The van der Waals surface area contributed by atoms with Crippen LogP contribution in [-0.2, 0) is 0 Å². The number of hydrogen-bond acceptors (Lipinski definition) is 7. The fourth-order valence-electron chi connectivity index (χ4n) is 4.71. The van der Waals surface area contributed by atoms with Crippen molar-refractivity contribution >= 4 is 5.71 Å². The van der Waals surface area contributed by atoms with Gasteiger partial charge in [-0.3, -0.25) is 0 Å². The summed E-state index contributed by atoms with van der Waals surface area (Å²) < 4.78 is 16.4. The largest absolute Gasteiger partial charge is 0.493 e. The van der Waals surface area contributed by atoms with Gasteiger partial charge in [0, 0.05) is 11.8 Å². The summed E-state index contributed by atoms with van der Waals surface area (Å²) in [5, 5.41) is 38.7. The number of fused-ring (bicyclic) bond motifs is 1. The molecule has 2 N–H and O–H groups in total. The predicted octanol–water partition coefficient (Wildman–Crippen LogP) is 1.07. The van der Waals surface area contributed by atoms with Crippen LogP contribution in [-0.4, -0.2) is 47.2 Å². The Labute approximate surface area is 176 Å². The van der Waals surface area contributed by atoms with Crippen molar-refractivity contribution in [3.8, 4) is 35.5 Å². The molecule has 1 fully saturated rings. The van der Waals surface area contributed by atoms with Gasteiger partial charge in [0.1, 0.15) is 5.92 Å². The zero-order chi connectivity index (χ0) is 22.1. The first kappa shape index (κ1) is 21.2. The molecule has 1 aliphatic carbocycles. The molecule has 8 heteroatoms. The minimum atomic E-state index is -1.77. The fourth-order valence-corrected chi connectivity index (χ4v) is 4.71. The first-order valence-corrected chi connectivity index (χ1v) is 9.54. The molecule has 0 saturated heterocycles. The second-order valence-electron chi connectivity index (χ2n) is 7.62. The molecule has 0 aromatic heterocycles. The number of benzene rings is 1. The maximum atomic E-state index is 10.1. The number of quaternary nitrogens is 1. The van der Waals surface area contributed by atoms with Crippen molar-refractivity contribution < 1.29 is 19.1 Å². The normalized spacial score (nSPS) is 26.8. The standard InChI is InChI=1S/C22H23N5O3/c1-27-6-5-14-15(9-23)21(26)22(11-24,12-25)19(16(14)10-27)13-7-17(28-2)20(30-4)18(8-13)29-3/h5,7-8,15-16,19,26H,6,10H2,1-4H3/p+1/t15?,16-,19-/m0/s1. The van der Waals surface area contributed by atoms with Crippen LogP contribution in [0.2, 0.25) is 0 Å². The summed E-state index contributed by atoms with van der Waals surface area (Å²) in [5.74, 6) is -0.550. The minimum Gasteiger partial charge on any atom is -0.493 e. The molecule has 30 heavy (non-hydrogen) atoms. The zero-order valence-electron chi connectivity index (χ0n) is 17.4. The molecule has 1 aromatic carbocycles. The van der Waals surface area contributed by atoms with E-state index in [1.165, 1.54) is 26.2 Å². The molecule has 8 nitrogen and oxygen atoms in total. The van der Waals surface area contributed by atoms with Crippen molar-refractivity contribution in [3.05, 3.63) is 29.3 Å². The monoisotopic (exact) mass is 406 g/mol. The molecule has 1 aromatic rings. The van der Waals surface area contributed by atoms with Crippen molar-refractivity contribution in [2.75, 3.05) is 41.5 Å². The molecule has 2 unspecified atom stereocenters. The van der Waals surface area contributed by atoms with E-state index in [4.69, 9.17) is 19.6 Å². The van der Waals surface area contributed by atoms with E-state index in [1.807, 2.05) is 13.1 Å². The quantitative estimate of drug-likeness (QED) is 0.720. The summed E-state index contributed by atoms with van der Waals surface area (Å²) >= 11 is 0. The van der Waals surface area contributed by atoms with Gasteiger partial charge in [-0.05, 0) is 29.3 Å². The fraction of sp³-hybridized carbons (Fsp3) is 0.455. The van der Waals surface area contributed by atoms with Crippen molar-refractivity contribution in [3.63, 3.8) is 0 Å². The van der Waals surface area contributed by atoms with Crippen LogP contribution >= 0.6 is 0 Å². The summed E-state index contributed by atoms with van der Waals surface area (Å²) in [6.07, 6.45) is 1.98. The van der Waals surface area contributed by atoms with Gasteiger partial charge in [0.15, 0.2) is 16.9 Å². The van der Waals surface area contributed by atoms with Crippen LogP contribution in [0.4, 0.5) is 0 Å². The van der Waals surface area contributed by atoms with E-state index in [9.17, 15) is 15.8 Å². The van der Waals surface area contributed by atoms with Gasteiger partial charge >= 0.3 is 0 Å². The van der Waals surface area contributed by atoms with Crippen LogP contribution in [0.1, 0.15) is 11.5 Å². The summed E-state index contributed by atoms with van der Waals surface area (Å²) in [7, 11) is 6.53. The highest BCUT2D eigenvalue weighted by Crippen LogP contribution is 2.54. The lowest BCUT2D eigenvalue weighted by Gasteiger charge is -2.46. The van der Waals surface area contributed by atoms with Gasteiger partial charge in [0.05, 0.1) is 65.4 Å². The van der Waals surface area contributed by atoms with Gasteiger partial charge in [-0.25, -0.2) is 0 Å². The molecule has 4 atom stereocenters. The van der Waals surface area contributed by atoms with Crippen LogP contribution in [0.25, 0.3) is 0 Å². The van der Waals surface area contributed by atoms with Crippen molar-refractivity contribution in [2.45, 2.75) is 5.92 Å². The van der Waals surface area contributed by atoms with Gasteiger partial charge in [-0.2, -0.15) is 15.8 Å². The third-order valence-electron chi connectivity index (χ3n) is 6.13. The smallest absolute Gasteiger partial charge is 0.203 e. The highest BCUT2D eigenvalue weighted by molar-refractivity contribution is 6.00. The molecule has 0 radical (unpaired) electrons. The molecule has 1 saturated carbocycles. The molecule has 2 aliphatic rings. The van der Waals surface area contributed by atoms with E-state index in [0.29, 0.717) is 29.4 Å². The third kappa shape index (κ3) is 2.96. The SMILES string of the molecule is COc1cc([C@H]2[C@H]3C[NH+](C)CC=C3C(C#N)C(=N)C2(C#N)C#N)cc(OC)c1OC. The summed E-state index contributed by atoms with van der Waals surface area (Å²) in [6, 6.07) is 9.81. The molecular formula is C22H24N5O3+. The number of nitriles is 3. The minimum absolute atomic E-state index is 0.171. The highest BCUT2D eigenvalue weighted by Gasteiger charge is 2.58. The maximum absolute atomic E-state index is 10.1. The number of methoxy groups -OCH3 is 3. The van der Waals surface area contributed by atoms with Crippen LogP contribution in [0.15, 0.2) is 23.8 Å². The van der Waals surface area contributed by atoms with Crippen molar-refractivity contribution in [1.82, 2.24) is 0 Å². The van der Waals surface area contributed by atoms with Crippen LogP contribution in [0, 0.1) is 56.7 Å². The predicted molar refractivity (Wildman–Crippen MR) is 108 cm³/mol. The second-order valence-corrected chi connectivity index (χ2v) is 7.62. The lowest BCUT2D eigenvalue weighted by molar-refractivity contribution is -0.878. The Balaban J connectivity index is 2.33. The number of hydrogen-bond donors (Lipinski definition) is 2. The Kier molecular flexibility index (Phi) is 5.69. The van der Waals surface area contributed by atoms with Crippen molar-refractivity contribution in [2.24, 2.45) is 17.3 Å². The van der Waals surface area contributed by atoms with Gasteiger partial charge in [0.25, 0.3) is 0 Å². The highest BCUT2D eigenvalue weighted by atomic mass is 16.5. The summed E-state index contributed by atoms with van der Waals surface area (Å²) in [6.45, 7) is 1.37. The van der Waals surface area contributed by atoms with Crippen molar-refractivity contribution in [1.29, 1.82) is 21.2 Å². The van der Waals surface area contributed by atoms with Crippen LogP contribution in [0.3, 0.4) is 0 Å². The van der Waals surface area contributed by atoms with Gasteiger partial charge < -0.3 is 24.5 Å². The number of nitrogens with one attached hydrogen (secondary N) is 2. The number of likely N-dealkylation sites (N-methyl/N-ethyl adjacent to an activating group) is 1. The molecular weight excluding hydrogens is 382 g/mol. The number of nitrogens with zero attached hydrogens (tertiary/aromatic N) is 3. The molecule has 0 amide bonds. The second kappa shape index (κ2) is 8.06. The molecule has 1 aliphatic heterocycles. The first-order chi connectivity index (χ1) is 14.4. The molecule has 0 bridgehead atoms.